The smallest absolute Gasteiger partial charge is 0.271 e. The molecule has 3 N–H and O–H groups in total. The van der Waals surface area contributed by atoms with Gasteiger partial charge >= 0.3 is 0 Å². The zero-order valence-electron chi connectivity index (χ0n) is 9.22. The second-order valence-corrected chi connectivity index (χ2v) is 3.83. The molecule has 0 bridgehead atoms. The lowest BCUT2D eigenvalue weighted by atomic mass is 10.2. The second-order valence-electron chi connectivity index (χ2n) is 3.43. The van der Waals surface area contributed by atoms with Crippen LogP contribution in [-0.4, -0.2) is 16.9 Å². The Morgan fingerprint density at radius 2 is 2.33 bits per heavy atom. The Morgan fingerprint density at radius 3 is 2.89 bits per heavy atom. The summed E-state index contributed by atoms with van der Waals surface area (Å²) < 4.78 is 0. The van der Waals surface area contributed by atoms with E-state index in [9.17, 15) is 14.9 Å². The molecule has 1 atom stereocenters. The largest absolute Gasteiger partial charge is 0.323 e. The molecular weight excluding hydrogens is 258 g/mol. The fourth-order valence-corrected chi connectivity index (χ4v) is 1.33. The summed E-state index contributed by atoms with van der Waals surface area (Å²) >= 11 is 5.81. The number of hydrogen-bond acceptors (Lipinski definition) is 4. The number of benzene rings is 1. The zero-order valence-corrected chi connectivity index (χ0v) is 9.98. The van der Waals surface area contributed by atoms with Gasteiger partial charge in [-0.1, -0.05) is 11.6 Å². The number of anilines is 1. The van der Waals surface area contributed by atoms with Crippen molar-refractivity contribution in [1.82, 2.24) is 0 Å². The van der Waals surface area contributed by atoms with Crippen LogP contribution in [0.2, 0.25) is 5.02 Å². The van der Waals surface area contributed by atoms with Crippen LogP contribution >= 0.6 is 11.6 Å². The maximum absolute atomic E-state index is 11.6. The Bertz CT molecular complexity index is 525. The van der Waals surface area contributed by atoms with Gasteiger partial charge in [-0.3, -0.25) is 14.9 Å². The Hall–Kier alpha value is -2.10. The van der Waals surface area contributed by atoms with Crippen LogP contribution in [0.3, 0.4) is 0 Å². The van der Waals surface area contributed by atoms with Crippen molar-refractivity contribution < 1.29 is 9.72 Å². The molecular formula is C11H10ClN3O3. The molecule has 1 amide bonds. The quantitative estimate of drug-likeness (QED) is 0.491. The van der Waals surface area contributed by atoms with Crippen LogP contribution < -0.4 is 11.1 Å². The third-order valence-corrected chi connectivity index (χ3v) is 2.42. The van der Waals surface area contributed by atoms with E-state index in [0.717, 1.165) is 6.07 Å². The number of amides is 1. The number of hydrogen-bond donors (Lipinski definition) is 2. The minimum Gasteiger partial charge on any atom is -0.323 e. The fourth-order valence-electron chi connectivity index (χ4n) is 1.17. The van der Waals surface area contributed by atoms with E-state index >= 15 is 0 Å². The molecule has 0 saturated heterocycles. The highest BCUT2D eigenvalue weighted by molar-refractivity contribution is 6.33. The molecule has 0 aromatic heterocycles. The summed E-state index contributed by atoms with van der Waals surface area (Å²) in [5, 5.41) is 13.2. The number of rotatable bonds is 4. The van der Waals surface area contributed by atoms with Gasteiger partial charge in [0.2, 0.25) is 5.91 Å². The maximum atomic E-state index is 11.6. The fraction of sp³-hybridized carbons (Fsp3) is 0.182. The number of terminal acetylenes is 1. The highest BCUT2D eigenvalue weighted by Crippen LogP contribution is 2.26. The molecule has 1 aromatic rings. The Kier molecular flexibility index (Phi) is 4.66. The van der Waals surface area contributed by atoms with Gasteiger partial charge in [0.1, 0.15) is 0 Å². The number of nitrogens with two attached hydrogens (primary N) is 1. The first-order chi connectivity index (χ1) is 8.45. The Balaban J connectivity index is 2.90. The summed E-state index contributed by atoms with van der Waals surface area (Å²) in [6.07, 6.45) is 5.10. The third-order valence-electron chi connectivity index (χ3n) is 2.09. The molecule has 0 fully saturated rings. The number of halogens is 1. The molecule has 0 heterocycles. The first-order valence-corrected chi connectivity index (χ1v) is 5.27. The Morgan fingerprint density at radius 1 is 1.67 bits per heavy atom. The minimum atomic E-state index is -0.884. The van der Waals surface area contributed by atoms with Gasteiger partial charge in [-0.25, -0.2) is 0 Å². The molecule has 18 heavy (non-hydrogen) atoms. The van der Waals surface area contributed by atoms with Gasteiger partial charge in [-0.05, 0) is 6.07 Å². The van der Waals surface area contributed by atoms with E-state index in [4.69, 9.17) is 23.8 Å². The van der Waals surface area contributed by atoms with Gasteiger partial charge in [0.05, 0.1) is 21.7 Å². The molecule has 0 saturated carbocycles. The van der Waals surface area contributed by atoms with E-state index < -0.39 is 16.9 Å². The normalized spacial score (nSPS) is 11.4. The van der Waals surface area contributed by atoms with E-state index in [1.54, 1.807) is 0 Å². The average molecular weight is 268 g/mol. The van der Waals surface area contributed by atoms with E-state index in [1.165, 1.54) is 12.1 Å². The van der Waals surface area contributed by atoms with Crippen LogP contribution in [0, 0.1) is 22.5 Å². The number of nitrogens with one attached hydrogen (secondary N) is 1. The molecule has 0 spiro atoms. The standard InChI is InChI=1S/C11H10ClN3O3/c1-2-3-9(13)11(16)14-10-6-7(15(17)18)4-5-8(10)12/h1,4-6,9H,3,13H2,(H,14,16). The number of non-ortho nitro benzene ring substituents is 1. The van der Waals surface area contributed by atoms with Crippen LogP contribution in [0.4, 0.5) is 11.4 Å². The third kappa shape index (κ3) is 3.45. The molecule has 0 aliphatic rings. The van der Waals surface area contributed by atoms with Gasteiger partial charge in [-0.2, -0.15) is 0 Å². The van der Waals surface area contributed by atoms with E-state index in [2.05, 4.69) is 11.2 Å². The van der Waals surface area contributed by atoms with Crippen LogP contribution in [0.1, 0.15) is 6.42 Å². The van der Waals surface area contributed by atoms with Crippen molar-refractivity contribution in [3.8, 4) is 12.3 Å². The van der Waals surface area contributed by atoms with Gasteiger partial charge in [-0.15, -0.1) is 12.3 Å². The molecule has 0 aliphatic heterocycles. The number of nitro benzene ring substituents is 1. The molecule has 0 aliphatic carbocycles. The van der Waals surface area contributed by atoms with E-state index in [0.29, 0.717) is 0 Å². The predicted molar refractivity (Wildman–Crippen MR) is 68.2 cm³/mol. The lowest BCUT2D eigenvalue weighted by molar-refractivity contribution is -0.384. The number of nitro groups is 1. The highest BCUT2D eigenvalue weighted by Gasteiger charge is 2.16. The summed E-state index contributed by atoms with van der Waals surface area (Å²) in [5.74, 6) is 1.71. The van der Waals surface area contributed by atoms with Crippen molar-refractivity contribution in [3.05, 3.63) is 33.3 Å². The first kappa shape index (κ1) is 14.0. The van der Waals surface area contributed by atoms with Gasteiger partial charge in [0.25, 0.3) is 5.69 Å². The number of carbonyl (C=O) groups is 1. The SMILES string of the molecule is C#CCC(N)C(=O)Nc1cc([N+](=O)[O-])ccc1Cl. The van der Waals surface area contributed by atoms with Crippen molar-refractivity contribution >= 4 is 28.9 Å². The zero-order chi connectivity index (χ0) is 13.7. The van der Waals surface area contributed by atoms with E-state index in [-0.39, 0.29) is 22.8 Å². The number of nitrogens with zero attached hydrogens (tertiary/aromatic N) is 1. The van der Waals surface area contributed by atoms with Crippen LogP contribution in [0.5, 0.6) is 0 Å². The monoisotopic (exact) mass is 267 g/mol. The molecule has 1 aromatic carbocycles. The van der Waals surface area contributed by atoms with Crippen LogP contribution in [0.15, 0.2) is 18.2 Å². The second kappa shape index (κ2) is 6.00. The Labute approximate surface area is 108 Å². The maximum Gasteiger partial charge on any atom is 0.271 e. The molecule has 0 radical (unpaired) electrons. The molecule has 1 rings (SSSR count). The topological polar surface area (TPSA) is 98.3 Å². The van der Waals surface area contributed by atoms with Crippen molar-refractivity contribution in [2.45, 2.75) is 12.5 Å². The van der Waals surface area contributed by atoms with Crippen molar-refractivity contribution in [1.29, 1.82) is 0 Å². The van der Waals surface area contributed by atoms with Crippen molar-refractivity contribution in [3.63, 3.8) is 0 Å². The van der Waals surface area contributed by atoms with E-state index in [1.807, 2.05) is 0 Å². The molecule has 1 unspecified atom stereocenters. The summed E-state index contributed by atoms with van der Waals surface area (Å²) in [6, 6.07) is 2.83. The predicted octanol–water partition coefficient (Wildman–Crippen LogP) is 1.54. The summed E-state index contributed by atoms with van der Waals surface area (Å²) in [4.78, 5) is 21.6. The molecule has 94 valence electrons. The molecule has 7 heteroatoms. The summed E-state index contributed by atoms with van der Waals surface area (Å²) in [7, 11) is 0. The van der Waals surface area contributed by atoms with Gasteiger partial charge in [0, 0.05) is 18.6 Å². The van der Waals surface area contributed by atoms with Gasteiger partial charge in [0.15, 0.2) is 0 Å². The van der Waals surface area contributed by atoms with Crippen LogP contribution in [-0.2, 0) is 4.79 Å². The van der Waals surface area contributed by atoms with Crippen molar-refractivity contribution in [2.75, 3.05) is 5.32 Å². The number of carbonyl (C=O) groups excluding carboxylic acids is 1. The summed E-state index contributed by atoms with van der Waals surface area (Å²) in [6.45, 7) is 0. The van der Waals surface area contributed by atoms with Crippen molar-refractivity contribution in [2.24, 2.45) is 5.73 Å². The van der Waals surface area contributed by atoms with Crippen LogP contribution in [0.25, 0.3) is 0 Å². The summed E-state index contributed by atoms with van der Waals surface area (Å²) in [5.41, 5.74) is 5.44. The minimum absolute atomic E-state index is 0.0678. The lowest BCUT2D eigenvalue weighted by Crippen LogP contribution is -2.35. The lowest BCUT2D eigenvalue weighted by Gasteiger charge is -2.10. The highest BCUT2D eigenvalue weighted by atomic mass is 35.5. The van der Waals surface area contributed by atoms with Gasteiger partial charge < -0.3 is 11.1 Å². The molecule has 6 nitrogen and oxygen atoms in total. The average Bonchev–Trinajstić information content (AvgIpc) is 2.31. The first-order valence-electron chi connectivity index (χ1n) is 4.89.